The van der Waals surface area contributed by atoms with Crippen LogP contribution in [0.4, 0.5) is 13.2 Å². The Morgan fingerprint density at radius 1 is 1.06 bits per heavy atom. The Balaban J connectivity index is 1.20. The number of hydrogen-bond acceptors (Lipinski definition) is 5. The average molecular weight is 485 g/mol. The molecule has 0 radical (unpaired) electrons. The van der Waals surface area contributed by atoms with Crippen molar-refractivity contribution in [3.05, 3.63) is 59.7 Å². The van der Waals surface area contributed by atoms with Crippen molar-refractivity contribution in [2.45, 2.75) is 12.8 Å². The molecule has 2 aliphatic rings. The quantitative estimate of drug-likeness (QED) is 0.572. The number of rotatable bonds is 4. The van der Waals surface area contributed by atoms with Crippen molar-refractivity contribution in [2.24, 2.45) is 11.8 Å². The molecular formula is C24H22F3N5O3. The van der Waals surface area contributed by atoms with Crippen LogP contribution in [0, 0.1) is 11.8 Å². The Kier molecular flexibility index (Phi) is 5.91. The van der Waals surface area contributed by atoms with Crippen molar-refractivity contribution in [1.82, 2.24) is 25.2 Å². The van der Waals surface area contributed by atoms with Crippen LogP contribution in [0.5, 0.6) is 5.75 Å². The van der Waals surface area contributed by atoms with Crippen LogP contribution in [0.25, 0.3) is 17.1 Å². The lowest BCUT2D eigenvalue weighted by Crippen LogP contribution is -2.43. The number of piperidine rings is 1. The van der Waals surface area contributed by atoms with Crippen LogP contribution in [0.15, 0.2) is 48.5 Å². The maximum atomic E-state index is 13.0. The normalized spacial score (nSPS) is 20.4. The lowest BCUT2D eigenvalue weighted by molar-refractivity contribution is -0.274. The van der Waals surface area contributed by atoms with E-state index in [0.717, 1.165) is 11.9 Å². The number of amides is 2. The van der Waals surface area contributed by atoms with Crippen LogP contribution in [0.3, 0.4) is 0 Å². The molecule has 2 fully saturated rings. The maximum Gasteiger partial charge on any atom is 0.573 e. The second-order valence-corrected chi connectivity index (χ2v) is 8.80. The minimum Gasteiger partial charge on any atom is -0.406 e. The van der Waals surface area contributed by atoms with Gasteiger partial charge in [-0.1, -0.05) is 17.3 Å². The highest BCUT2D eigenvalue weighted by Gasteiger charge is 2.39. The molecule has 0 spiro atoms. The predicted octanol–water partition coefficient (Wildman–Crippen LogP) is 3.49. The first kappa shape index (κ1) is 22.9. The Labute approximate surface area is 198 Å². The molecule has 0 saturated carbocycles. The van der Waals surface area contributed by atoms with Gasteiger partial charge in [-0.05, 0) is 60.2 Å². The summed E-state index contributed by atoms with van der Waals surface area (Å²) in [5.41, 5.74) is 2.37. The summed E-state index contributed by atoms with van der Waals surface area (Å²) in [4.78, 5) is 29.3. The van der Waals surface area contributed by atoms with Gasteiger partial charge in [-0.3, -0.25) is 14.7 Å². The van der Waals surface area contributed by atoms with Gasteiger partial charge in [0.1, 0.15) is 11.3 Å². The number of alkyl halides is 3. The lowest BCUT2D eigenvalue weighted by Gasteiger charge is -2.34. The number of likely N-dealkylation sites (tertiary alicyclic amines) is 2. The van der Waals surface area contributed by atoms with Gasteiger partial charge in [0.2, 0.25) is 5.91 Å². The first-order valence-corrected chi connectivity index (χ1v) is 11.2. The Morgan fingerprint density at radius 3 is 2.69 bits per heavy atom. The SMILES string of the molecule is O=C(/C=C/c1cccc(OC(F)(F)F)c1)N1CC2CCN(C(=O)c3ccc4[nH]nnc4c3)CC2C1. The number of H-pyrrole nitrogens is 1. The lowest BCUT2D eigenvalue weighted by atomic mass is 9.88. The summed E-state index contributed by atoms with van der Waals surface area (Å²) in [6, 6.07) is 10.7. The number of ether oxygens (including phenoxy) is 1. The van der Waals surface area contributed by atoms with Crippen molar-refractivity contribution in [3.8, 4) is 5.75 Å². The van der Waals surface area contributed by atoms with E-state index in [9.17, 15) is 22.8 Å². The van der Waals surface area contributed by atoms with Crippen molar-refractivity contribution in [3.63, 3.8) is 0 Å². The highest BCUT2D eigenvalue weighted by atomic mass is 19.4. The van der Waals surface area contributed by atoms with Gasteiger partial charge in [-0.2, -0.15) is 0 Å². The predicted molar refractivity (Wildman–Crippen MR) is 120 cm³/mol. The number of aromatic amines is 1. The summed E-state index contributed by atoms with van der Waals surface area (Å²) >= 11 is 0. The molecule has 3 heterocycles. The molecule has 35 heavy (non-hydrogen) atoms. The van der Waals surface area contributed by atoms with Gasteiger partial charge in [0.25, 0.3) is 5.91 Å². The number of halogens is 3. The van der Waals surface area contributed by atoms with Gasteiger partial charge in [0.05, 0.1) is 5.52 Å². The molecule has 3 aromatic rings. The molecule has 2 aromatic carbocycles. The molecule has 0 bridgehead atoms. The molecule has 2 atom stereocenters. The highest BCUT2D eigenvalue weighted by molar-refractivity contribution is 5.97. The molecule has 2 amide bonds. The summed E-state index contributed by atoms with van der Waals surface area (Å²) in [7, 11) is 0. The fraction of sp³-hybridized carbons (Fsp3) is 0.333. The summed E-state index contributed by atoms with van der Waals surface area (Å²) in [6.45, 7) is 2.29. The summed E-state index contributed by atoms with van der Waals surface area (Å²) in [5, 5.41) is 10.5. The number of benzene rings is 2. The number of hydrogen-bond donors (Lipinski definition) is 1. The number of carbonyl (C=O) groups is 2. The van der Waals surface area contributed by atoms with Crippen LogP contribution >= 0.6 is 0 Å². The monoisotopic (exact) mass is 485 g/mol. The van der Waals surface area contributed by atoms with Crippen LogP contribution in [0.2, 0.25) is 0 Å². The minimum atomic E-state index is -4.78. The largest absolute Gasteiger partial charge is 0.573 e. The van der Waals surface area contributed by atoms with Crippen LogP contribution in [0.1, 0.15) is 22.3 Å². The zero-order valence-corrected chi connectivity index (χ0v) is 18.5. The molecule has 5 rings (SSSR count). The fourth-order valence-electron chi connectivity index (χ4n) is 4.78. The van der Waals surface area contributed by atoms with Crippen LogP contribution in [-0.4, -0.2) is 69.6 Å². The molecular weight excluding hydrogens is 463 g/mol. The van der Waals surface area contributed by atoms with E-state index in [0.29, 0.717) is 48.7 Å². The van der Waals surface area contributed by atoms with E-state index in [1.807, 2.05) is 4.90 Å². The maximum absolute atomic E-state index is 13.0. The van der Waals surface area contributed by atoms with E-state index < -0.39 is 6.36 Å². The molecule has 2 unspecified atom stereocenters. The van der Waals surface area contributed by atoms with E-state index >= 15 is 0 Å². The first-order chi connectivity index (χ1) is 16.7. The highest BCUT2D eigenvalue weighted by Crippen LogP contribution is 2.32. The topological polar surface area (TPSA) is 91.4 Å². The van der Waals surface area contributed by atoms with Crippen molar-refractivity contribution in [1.29, 1.82) is 0 Å². The molecule has 8 nitrogen and oxygen atoms in total. The van der Waals surface area contributed by atoms with Crippen LogP contribution < -0.4 is 4.74 Å². The summed E-state index contributed by atoms with van der Waals surface area (Å²) < 4.78 is 41.2. The van der Waals surface area contributed by atoms with E-state index in [1.54, 1.807) is 29.2 Å². The van der Waals surface area contributed by atoms with Gasteiger partial charge in [-0.25, -0.2) is 0 Å². The molecule has 182 valence electrons. The number of carbonyl (C=O) groups excluding carboxylic acids is 2. The molecule has 1 aromatic heterocycles. The number of nitrogens with one attached hydrogen (secondary N) is 1. The van der Waals surface area contributed by atoms with Gasteiger partial charge >= 0.3 is 6.36 Å². The second kappa shape index (κ2) is 9.05. The number of fused-ring (bicyclic) bond motifs is 2. The van der Waals surface area contributed by atoms with E-state index in [4.69, 9.17) is 0 Å². The standard InChI is InChI=1S/C24H22F3N5O3/c25-24(26,27)35-19-3-1-2-15(10-19)4-7-22(33)32-12-17-8-9-31(13-18(17)14-32)23(34)16-5-6-20-21(11-16)29-30-28-20/h1-7,10-11,17-18H,8-9,12-14H2,(H,28,29,30)/b7-4+. The van der Waals surface area contributed by atoms with E-state index in [-0.39, 0.29) is 23.5 Å². The van der Waals surface area contributed by atoms with E-state index in [1.165, 1.54) is 30.4 Å². The van der Waals surface area contributed by atoms with Crippen LogP contribution in [-0.2, 0) is 4.79 Å². The summed E-state index contributed by atoms with van der Waals surface area (Å²) in [5.74, 6) is -0.149. The number of aromatic nitrogens is 3. The molecule has 2 saturated heterocycles. The third-order valence-electron chi connectivity index (χ3n) is 6.48. The van der Waals surface area contributed by atoms with Gasteiger partial charge in [0, 0.05) is 37.8 Å². The van der Waals surface area contributed by atoms with Gasteiger partial charge in [0.15, 0.2) is 0 Å². The van der Waals surface area contributed by atoms with E-state index in [2.05, 4.69) is 20.1 Å². The summed E-state index contributed by atoms with van der Waals surface area (Å²) in [6.07, 6.45) is -1.14. The smallest absolute Gasteiger partial charge is 0.406 e. The zero-order chi connectivity index (χ0) is 24.6. The molecule has 0 aliphatic carbocycles. The van der Waals surface area contributed by atoms with Gasteiger partial charge in [-0.15, -0.1) is 18.3 Å². The first-order valence-electron chi connectivity index (χ1n) is 11.2. The molecule has 1 N–H and O–H groups in total. The molecule has 11 heteroatoms. The zero-order valence-electron chi connectivity index (χ0n) is 18.5. The average Bonchev–Trinajstić information content (AvgIpc) is 3.47. The number of nitrogens with zero attached hydrogens (tertiary/aromatic N) is 4. The van der Waals surface area contributed by atoms with Gasteiger partial charge < -0.3 is 14.5 Å². The third kappa shape index (κ3) is 5.13. The van der Waals surface area contributed by atoms with Crippen molar-refractivity contribution < 1.29 is 27.5 Å². The fourth-order valence-corrected chi connectivity index (χ4v) is 4.78. The second-order valence-electron chi connectivity index (χ2n) is 8.80. The molecule has 2 aliphatic heterocycles. The Hall–Kier alpha value is -3.89. The minimum absolute atomic E-state index is 0.0704. The van der Waals surface area contributed by atoms with Crippen molar-refractivity contribution in [2.75, 3.05) is 26.2 Å². The Bertz CT molecular complexity index is 1290. The Morgan fingerprint density at radius 2 is 1.86 bits per heavy atom. The third-order valence-corrected chi connectivity index (χ3v) is 6.48. The van der Waals surface area contributed by atoms with Crippen molar-refractivity contribution >= 4 is 28.9 Å².